The third-order valence-electron chi connectivity index (χ3n) is 3.98. The van der Waals surface area contributed by atoms with Gasteiger partial charge in [-0.2, -0.15) is 5.10 Å². The van der Waals surface area contributed by atoms with E-state index in [0.717, 1.165) is 34.6 Å². The number of rotatable bonds is 4. The predicted molar refractivity (Wildman–Crippen MR) is 88.1 cm³/mol. The zero-order valence-electron chi connectivity index (χ0n) is 12.6. The van der Waals surface area contributed by atoms with Crippen molar-refractivity contribution >= 4 is 23.4 Å². The molecule has 2 heterocycles. The number of nitrogens with zero attached hydrogens (tertiary/aromatic N) is 3. The molecule has 0 aliphatic carbocycles. The van der Waals surface area contributed by atoms with E-state index in [1.54, 1.807) is 0 Å². The van der Waals surface area contributed by atoms with E-state index >= 15 is 0 Å². The fourth-order valence-electron chi connectivity index (χ4n) is 2.86. The van der Waals surface area contributed by atoms with Gasteiger partial charge in [0, 0.05) is 13.6 Å². The molecule has 0 saturated heterocycles. The summed E-state index contributed by atoms with van der Waals surface area (Å²) in [7, 11) is 1.98. The van der Waals surface area contributed by atoms with Crippen molar-refractivity contribution in [3.05, 3.63) is 46.4 Å². The molecule has 0 fully saturated rings. The number of imidazole rings is 1. The second kappa shape index (κ2) is 5.48. The van der Waals surface area contributed by atoms with Crippen molar-refractivity contribution in [1.29, 1.82) is 0 Å². The molecule has 3 aromatic rings. The summed E-state index contributed by atoms with van der Waals surface area (Å²) in [6.07, 6.45) is 0.904. The molecular formula is C16H20N4S. The Kier molecular flexibility index (Phi) is 3.68. The zero-order valence-corrected chi connectivity index (χ0v) is 13.4. The second-order valence-electron chi connectivity index (χ2n) is 5.47. The zero-order chi connectivity index (χ0) is 15.0. The van der Waals surface area contributed by atoms with Gasteiger partial charge in [-0.15, -0.1) is 0 Å². The lowest BCUT2D eigenvalue weighted by molar-refractivity contribution is 0.587. The first-order chi connectivity index (χ1) is 10.1. The van der Waals surface area contributed by atoms with Gasteiger partial charge in [0.1, 0.15) is 5.52 Å². The van der Waals surface area contributed by atoms with Gasteiger partial charge in [-0.25, -0.2) is 0 Å². The number of aryl methyl sites for hydroxylation is 2. The highest BCUT2D eigenvalue weighted by Gasteiger charge is 2.16. The van der Waals surface area contributed by atoms with Crippen molar-refractivity contribution in [3.63, 3.8) is 0 Å². The van der Waals surface area contributed by atoms with Crippen LogP contribution < -0.4 is 0 Å². The van der Waals surface area contributed by atoms with Crippen LogP contribution in [0.15, 0.2) is 30.3 Å². The fourth-order valence-corrected chi connectivity index (χ4v) is 3.12. The Balaban J connectivity index is 2.03. The molecule has 0 amide bonds. The highest BCUT2D eigenvalue weighted by Crippen LogP contribution is 2.23. The number of hydrogen-bond acceptors (Lipinski definition) is 2. The molecule has 3 rings (SSSR count). The molecule has 4 nitrogen and oxygen atoms in total. The van der Waals surface area contributed by atoms with Gasteiger partial charge < -0.3 is 9.55 Å². The quantitative estimate of drug-likeness (QED) is 0.744. The van der Waals surface area contributed by atoms with E-state index in [4.69, 9.17) is 12.2 Å². The van der Waals surface area contributed by atoms with Crippen LogP contribution in [0, 0.1) is 4.77 Å². The Bertz CT molecular complexity index is 810. The normalized spacial score (nSPS) is 12.9. The summed E-state index contributed by atoms with van der Waals surface area (Å²) in [5.74, 6) is 0.400. The van der Waals surface area contributed by atoms with Crippen LogP contribution in [-0.2, 0) is 20.0 Å². The van der Waals surface area contributed by atoms with E-state index in [1.807, 2.05) is 17.8 Å². The van der Waals surface area contributed by atoms with Crippen LogP contribution in [0.2, 0.25) is 0 Å². The molecule has 21 heavy (non-hydrogen) atoms. The minimum absolute atomic E-state index is 0.400. The molecule has 0 spiro atoms. The Morgan fingerprint density at radius 1 is 1.29 bits per heavy atom. The van der Waals surface area contributed by atoms with E-state index in [-0.39, 0.29) is 0 Å². The molecule has 1 N–H and O–H groups in total. The highest BCUT2D eigenvalue weighted by molar-refractivity contribution is 7.71. The highest BCUT2D eigenvalue weighted by atomic mass is 32.1. The molecule has 1 aromatic carbocycles. The average molecular weight is 300 g/mol. The molecule has 1 unspecified atom stereocenters. The summed E-state index contributed by atoms with van der Waals surface area (Å²) in [6.45, 7) is 5.20. The molecule has 0 bridgehead atoms. The van der Waals surface area contributed by atoms with Crippen molar-refractivity contribution < 1.29 is 0 Å². The third kappa shape index (κ3) is 2.42. The lowest BCUT2D eigenvalue weighted by Crippen LogP contribution is -2.09. The Labute approximate surface area is 129 Å². The van der Waals surface area contributed by atoms with Crippen LogP contribution in [0.3, 0.4) is 0 Å². The van der Waals surface area contributed by atoms with Gasteiger partial charge in [0.05, 0.1) is 5.69 Å². The lowest BCUT2D eigenvalue weighted by atomic mass is 10.0. The van der Waals surface area contributed by atoms with Gasteiger partial charge in [0.2, 0.25) is 0 Å². The molecule has 5 heteroatoms. The van der Waals surface area contributed by atoms with Crippen molar-refractivity contribution in [3.8, 4) is 0 Å². The fraction of sp³-hybridized carbons (Fsp3) is 0.375. The minimum Gasteiger partial charge on any atom is -0.328 e. The monoisotopic (exact) mass is 300 g/mol. The van der Waals surface area contributed by atoms with Crippen LogP contribution >= 0.6 is 12.2 Å². The summed E-state index contributed by atoms with van der Waals surface area (Å²) in [5, 5.41) is 4.57. The maximum absolute atomic E-state index is 5.51. The van der Waals surface area contributed by atoms with Crippen molar-refractivity contribution in [1.82, 2.24) is 19.3 Å². The number of H-pyrrole nitrogens is 1. The molecule has 0 saturated carbocycles. The van der Waals surface area contributed by atoms with E-state index in [0.29, 0.717) is 5.92 Å². The number of fused-ring (bicyclic) bond motifs is 1. The number of aromatic nitrogens is 4. The maximum atomic E-state index is 5.51. The minimum atomic E-state index is 0.400. The smallest absolute Gasteiger partial charge is 0.179 e. The van der Waals surface area contributed by atoms with Crippen molar-refractivity contribution in [2.24, 2.45) is 7.05 Å². The average Bonchev–Trinajstić information content (AvgIpc) is 2.98. The lowest BCUT2D eigenvalue weighted by Gasteiger charge is -2.13. The Morgan fingerprint density at radius 2 is 2.00 bits per heavy atom. The van der Waals surface area contributed by atoms with Crippen LogP contribution in [-0.4, -0.2) is 19.3 Å². The van der Waals surface area contributed by atoms with Crippen LogP contribution in [0.25, 0.3) is 11.2 Å². The molecular weight excluding hydrogens is 280 g/mol. The van der Waals surface area contributed by atoms with Gasteiger partial charge in [0.15, 0.2) is 10.4 Å². The maximum Gasteiger partial charge on any atom is 0.179 e. The first-order valence-corrected chi connectivity index (χ1v) is 7.72. The summed E-state index contributed by atoms with van der Waals surface area (Å²) in [6, 6.07) is 10.5. The second-order valence-corrected chi connectivity index (χ2v) is 5.86. The molecule has 0 aliphatic heterocycles. The Morgan fingerprint density at radius 3 is 2.67 bits per heavy atom. The number of nitrogens with one attached hydrogen (secondary N) is 1. The number of benzene rings is 1. The van der Waals surface area contributed by atoms with E-state index in [2.05, 4.69) is 52.8 Å². The van der Waals surface area contributed by atoms with Gasteiger partial charge >= 0.3 is 0 Å². The molecule has 110 valence electrons. The van der Waals surface area contributed by atoms with Crippen molar-refractivity contribution in [2.75, 3.05) is 0 Å². The molecule has 2 aromatic heterocycles. The van der Waals surface area contributed by atoms with Gasteiger partial charge in [0.25, 0.3) is 0 Å². The molecule has 1 atom stereocenters. The standard InChI is InChI=1S/C16H20N4S/c1-4-13-14-15(19(3)18-13)20(16(21)17-14)10-11(2)12-8-6-5-7-9-12/h5-9,11H,4,10H2,1-3H3,(H,17,21). The van der Waals surface area contributed by atoms with Gasteiger partial charge in [-0.05, 0) is 30.1 Å². The van der Waals surface area contributed by atoms with Gasteiger partial charge in [-0.3, -0.25) is 4.68 Å². The molecule has 0 aliphatic rings. The third-order valence-corrected chi connectivity index (χ3v) is 4.30. The van der Waals surface area contributed by atoms with Crippen LogP contribution in [0.1, 0.15) is 31.0 Å². The first-order valence-electron chi connectivity index (χ1n) is 7.31. The van der Waals surface area contributed by atoms with E-state index in [9.17, 15) is 0 Å². The van der Waals surface area contributed by atoms with Crippen LogP contribution in [0.5, 0.6) is 0 Å². The summed E-state index contributed by atoms with van der Waals surface area (Å²) >= 11 is 5.51. The van der Waals surface area contributed by atoms with E-state index < -0.39 is 0 Å². The summed E-state index contributed by atoms with van der Waals surface area (Å²) < 4.78 is 4.86. The Hall–Kier alpha value is -1.88. The number of aromatic amines is 1. The predicted octanol–water partition coefficient (Wildman–Crippen LogP) is 3.80. The van der Waals surface area contributed by atoms with Crippen LogP contribution in [0.4, 0.5) is 0 Å². The summed E-state index contributed by atoms with van der Waals surface area (Å²) in [4.78, 5) is 3.32. The summed E-state index contributed by atoms with van der Waals surface area (Å²) in [5.41, 5.74) is 4.56. The van der Waals surface area contributed by atoms with E-state index in [1.165, 1.54) is 5.56 Å². The topological polar surface area (TPSA) is 38.5 Å². The largest absolute Gasteiger partial charge is 0.328 e. The number of hydrogen-bond donors (Lipinski definition) is 1. The first kappa shape index (κ1) is 14.1. The molecule has 0 radical (unpaired) electrons. The van der Waals surface area contributed by atoms with Gasteiger partial charge in [-0.1, -0.05) is 44.2 Å². The van der Waals surface area contributed by atoms with Crippen molar-refractivity contribution in [2.45, 2.75) is 32.7 Å². The SMILES string of the molecule is CCc1nn(C)c2c1[nH]c(=S)n2CC(C)c1ccccc1.